The molecule has 0 aromatic carbocycles. The minimum absolute atomic E-state index is 0.178. The van der Waals surface area contributed by atoms with E-state index in [1.54, 1.807) is 6.20 Å². The van der Waals surface area contributed by atoms with E-state index in [-0.39, 0.29) is 11.4 Å². The Kier molecular flexibility index (Phi) is 3.78. The quantitative estimate of drug-likeness (QED) is 0.265. The highest BCUT2D eigenvalue weighted by atomic mass is 16.4. The van der Waals surface area contributed by atoms with Crippen molar-refractivity contribution in [1.82, 2.24) is 14.9 Å². The van der Waals surface area contributed by atoms with Crippen molar-refractivity contribution < 1.29 is 5.21 Å². The molecule has 1 aromatic heterocycles. The topological polar surface area (TPSA) is 111 Å². The summed E-state index contributed by atoms with van der Waals surface area (Å²) >= 11 is 0. The smallest absolute Gasteiger partial charge is 0.290 e. The van der Waals surface area contributed by atoms with Crippen molar-refractivity contribution in [2.75, 3.05) is 37.6 Å². The molecule has 0 bridgehead atoms. The number of nitrogens with zero attached hydrogens (tertiary/aromatic N) is 4. The molecule has 1 fully saturated rings. The fraction of sp³-hybridized carbons (Fsp3) is 0.500. The molecule has 8 heteroatoms. The summed E-state index contributed by atoms with van der Waals surface area (Å²) in [7, 11) is 0. The number of nitrogens with one attached hydrogen (secondary N) is 1. The van der Waals surface area contributed by atoms with Gasteiger partial charge in [0.15, 0.2) is 11.7 Å². The van der Waals surface area contributed by atoms with Gasteiger partial charge in [-0.1, -0.05) is 5.16 Å². The third-order valence-corrected chi connectivity index (χ3v) is 2.87. The lowest BCUT2D eigenvalue weighted by Gasteiger charge is -2.34. The highest BCUT2D eigenvalue weighted by Gasteiger charge is 2.20. The van der Waals surface area contributed by atoms with Crippen LogP contribution in [0.3, 0.4) is 0 Å². The number of rotatable bonds is 3. The number of aromatic amines is 1. The van der Waals surface area contributed by atoms with Gasteiger partial charge < -0.3 is 20.8 Å². The summed E-state index contributed by atoms with van der Waals surface area (Å²) in [6.45, 7) is 3.30. The SMILES string of the molecule is N/C(CN1CCN(c2ncc[nH]c2=O)CC1)=N/O. The second-order valence-corrected chi connectivity index (χ2v) is 4.10. The number of piperazine rings is 1. The summed E-state index contributed by atoms with van der Waals surface area (Å²) in [5.41, 5.74) is 5.27. The molecule has 0 saturated carbocycles. The first-order valence-electron chi connectivity index (χ1n) is 5.68. The number of hydrogen-bond donors (Lipinski definition) is 3. The number of aromatic nitrogens is 2. The molecule has 2 heterocycles. The zero-order chi connectivity index (χ0) is 13.0. The summed E-state index contributed by atoms with van der Waals surface area (Å²) in [5.74, 6) is 0.639. The largest absolute Gasteiger partial charge is 0.409 e. The molecule has 0 unspecified atom stereocenters. The number of hydrogen-bond acceptors (Lipinski definition) is 6. The molecule has 18 heavy (non-hydrogen) atoms. The normalized spacial score (nSPS) is 18.0. The second-order valence-electron chi connectivity index (χ2n) is 4.10. The summed E-state index contributed by atoms with van der Waals surface area (Å²) in [6.07, 6.45) is 3.08. The molecular weight excluding hydrogens is 236 g/mol. The van der Waals surface area contributed by atoms with E-state index >= 15 is 0 Å². The molecular formula is C10H16N6O2. The molecule has 0 spiro atoms. The minimum Gasteiger partial charge on any atom is -0.409 e. The molecule has 1 aliphatic rings. The molecule has 4 N–H and O–H groups in total. The van der Waals surface area contributed by atoms with Crippen LogP contribution in [0.15, 0.2) is 22.3 Å². The van der Waals surface area contributed by atoms with Gasteiger partial charge in [-0.2, -0.15) is 0 Å². The van der Waals surface area contributed by atoms with Gasteiger partial charge in [-0.3, -0.25) is 9.69 Å². The summed E-state index contributed by atoms with van der Waals surface area (Å²) in [5, 5.41) is 11.4. The molecule has 0 atom stereocenters. The van der Waals surface area contributed by atoms with Crippen molar-refractivity contribution in [2.45, 2.75) is 0 Å². The van der Waals surface area contributed by atoms with E-state index in [1.165, 1.54) is 6.20 Å². The van der Waals surface area contributed by atoms with E-state index in [9.17, 15) is 4.79 Å². The van der Waals surface area contributed by atoms with Crippen LogP contribution in [-0.2, 0) is 0 Å². The van der Waals surface area contributed by atoms with Gasteiger partial charge in [0.05, 0.1) is 6.54 Å². The number of H-pyrrole nitrogens is 1. The van der Waals surface area contributed by atoms with Crippen molar-refractivity contribution in [3.05, 3.63) is 22.7 Å². The highest BCUT2D eigenvalue weighted by molar-refractivity contribution is 5.81. The van der Waals surface area contributed by atoms with Gasteiger partial charge in [0, 0.05) is 38.6 Å². The Balaban J connectivity index is 1.95. The third kappa shape index (κ3) is 2.77. The molecule has 1 saturated heterocycles. The summed E-state index contributed by atoms with van der Waals surface area (Å²) < 4.78 is 0. The van der Waals surface area contributed by atoms with E-state index < -0.39 is 0 Å². The van der Waals surface area contributed by atoms with Crippen LogP contribution in [0.5, 0.6) is 0 Å². The minimum atomic E-state index is -0.178. The Hall–Kier alpha value is -2.09. The summed E-state index contributed by atoms with van der Waals surface area (Å²) in [6, 6.07) is 0. The maximum atomic E-state index is 11.6. The first kappa shape index (κ1) is 12.4. The van der Waals surface area contributed by atoms with Crippen molar-refractivity contribution in [1.29, 1.82) is 0 Å². The van der Waals surface area contributed by atoms with Gasteiger partial charge in [0.25, 0.3) is 5.56 Å². The Morgan fingerprint density at radius 2 is 2.22 bits per heavy atom. The molecule has 1 aliphatic heterocycles. The zero-order valence-electron chi connectivity index (χ0n) is 9.91. The number of anilines is 1. The molecule has 8 nitrogen and oxygen atoms in total. The fourth-order valence-corrected chi connectivity index (χ4v) is 1.95. The average molecular weight is 252 g/mol. The average Bonchev–Trinajstić information content (AvgIpc) is 2.40. The lowest BCUT2D eigenvalue weighted by Crippen LogP contribution is -2.50. The number of amidine groups is 1. The van der Waals surface area contributed by atoms with Crippen LogP contribution < -0.4 is 16.2 Å². The number of oxime groups is 1. The molecule has 98 valence electrons. The fourth-order valence-electron chi connectivity index (χ4n) is 1.95. The maximum absolute atomic E-state index is 11.6. The van der Waals surface area contributed by atoms with Gasteiger partial charge in [-0.25, -0.2) is 4.98 Å². The Morgan fingerprint density at radius 1 is 1.50 bits per heavy atom. The van der Waals surface area contributed by atoms with Crippen LogP contribution in [0.1, 0.15) is 0 Å². The van der Waals surface area contributed by atoms with Gasteiger partial charge >= 0.3 is 0 Å². The van der Waals surface area contributed by atoms with Gasteiger partial charge in [-0.15, -0.1) is 0 Å². The highest BCUT2D eigenvalue weighted by Crippen LogP contribution is 2.07. The monoisotopic (exact) mass is 252 g/mol. The van der Waals surface area contributed by atoms with Crippen LogP contribution in [0.25, 0.3) is 0 Å². The van der Waals surface area contributed by atoms with Crippen molar-refractivity contribution in [2.24, 2.45) is 10.9 Å². The summed E-state index contributed by atoms with van der Waals surface area (Å²) in [4.78, 5) is 22.3. The molecule has 0 radical (unpaired) electrons. The second kappa shape index (κ2) is 5.50. The Bertz CT molecular complexity index is 477. The van der Waals surface area contributed by atoms with Crippen LogP contribution >= 0.6 is 0 Å². The van der Waals surface area contributed by atoms with Crippen LogP contribution in [0.2, 0.25) is 0 Å². The molecule has 0 aliphatic carbocycles. The van der Waals surface area contributed by atoms with Crippen LogP contribution in [0, 0.1) is 0 Å². The Morgan fingerprint density at radius 3 is 2.83 bits per heavy atom. The predicted octanol–water partition coefficient (Wildman–Crippen LogP) is -1.36. The zero-order valence-corrected chi connectivity index (χ0v) is 9.91. The van der Waals surface area contributed by atoms with E-state index in [4.69, 9.17) is 10.9 Å². The maximum Gasteiger partial charge on any atom is 0.290 e. The first-order valence-corrected chi connectivity index (χ1v) is 5.68. The van der Waals surface area contributed by atoms with E-state index in [0.29, 0.717) is 25.5 Å². The molecule has 2 rings (SSSR count). The van der Waals surface area contributed by atoms with Gasteiger partial charge in [0.2, 0.25) is 0 Å². The van der Waals surface area contributed by atoms with E-state index in [2.05, 4.69) is 20.0 Å². The van der Waals surface area contributed by atoms with Crippen LogP contribution in [-0.4, -0.2) is 58.6 Å². The third-order valence-electron chi connectivity index (χ3n) is 2.87. The predicted molar refractivity (Wildman–Crippen MR) is 66.9 cm³/mol. The van der Waals surface area contributed by atoms with E-state index in [1.807, 2.05) is 4.90 Å². The van der Waals surface area contributed by atoms with Crippen molar-refractivity contribution in [3.63, 3.8) is 0 Å². The lowest BCUT2D eigenvalue weighted by atomic mass is 10.3. The standard InChI is InChI=1S/C10H16N6O2/c11-8(14-18)7-15-3-5-16(6-4-15)9-10(17)13-2-1-12-9/h1-2,18H,3-7H2,(H2,11,14)(H,13,17). The number of nitrogens with two attached hydrogens (primary N) is 1. The van der Waals surface area contributed by atoms with Crippen molar-refractivity contribution in [3.8, 4) is 0 Å². The van der Waals surface area contributed by atoms with Crippen LogP contribution in [0.4, 0.5) is 5.82 Å². The molecule has 0 amide bonds. The van der Waals surface area contributed by atoms with Gasteiger partial charge in [0.1, 0.15) is 0 Å². The van der Waals surface area contributed by atoms with Gasteiger partial charge in [-0.05, 0) is 0 Å². The lowest BCUT2D eigenvalue weighted by molar-refractivity contribution is 0.278. The first-order chi connectivity index (χ1) is 8.70. The molecule has 1 aromatic rings. The van der Waals surface area contributed by atoms with Crippen molar-refractivity contribution >= 4 is 11.7 Å². The van der Waals surface area contributed by atoms with E-state index in [0.717, 1.165) is 13.1 Å². The Labute approximate surface area is 104 Å².